The van der Waals surface area contributed by atoms with Crippen molar-refractivity contribution in [2.75, 3.05) is 0 Å². The second-order valence-electron chi connectivity index (χ2n) is 3.40. The molecule has 0 saturated heterocycles. The third-order valence-corrected chi connectivity index (χ3v) is 2.47. The number of carbonyl (C=O) groups excluding carboxylic acids is 2. The molecule has 2 rings (SSSR count). The van der Waals surface area contributed by atoms with Crippen LogP contribution >= 0.6 is 0 Å². The Morgan fingerprint density at radius 2 is 1.44 bits per heavy atom. The molecule has 0 atom stereocenters. The van der Waals surface area contributed by atoms with Crippen molar-refractivity contribution in [1.82, 2.24) is 0 Å². The Labute approximate surface area is 93.2 Å². The van der Waals surface area contributed by atoms with Gasteiger partial charge in [-0.05, 0) is 22.4 Å². The second-order valence-corrected chi connectivity index (χ2v) is 3.40. The molecule has 16 heavy (non-hydrogen) atoms. The predicted molar refractivity (Wildman–Crippen MR) is 64.4 cm³/mol. The lowest BCUT2D eigenvalue weighted by atomic mass is 10.00. The normalized spacial score (nSPS) is 10.8. The minimum atomic E-state index is 0.666. The first-order chi connectivity index (χ1) is 7.86. The quantitative estimate of drug-likeness (QED) is 0.576. The summed E-state index contributed by atoms with van der Waals surface area (Å²) in [5.74, 6) is 0. The summed E-state index contributed by atoms with van der Waals surface area (Å²) in [6, 6.07) is 11.2. The Bertz CT molecular complexity index is 568. The molecule has 78 valence electrons. The number of aldehydes is 2. The van der Waals surface area contributed by atoms with Crippen LogP contribution in [0.25, 0.3) is 16.8 Å². The van der Waals surface area contributed by atoms with Gasteiger partial charge in [0.05, 0.1) is 0 Å². The first-order valence-electron chi connectivity index (χ1n) is 4.95. The molecule has 0 saturated carbocycles. The zero-order chi connectivity index (χ0) is 11.4. The van der Waals surface area contributed by atoms with Crippen LogP contribution in [0.4, 0.5) is 0 Å². The standard InChI is InChI=1S/C14H10O2/c15-9-3-4-11-7-8-12(10-16)14-6-2-1-5-13(11)14/h1-10H/b4-3+. The van der Waals surface area contributed by atoms with Gasteiger partial charge < -0.3 is 0 Å². The molecule has 0 unspecified atom stereocenters. The average Bonchev–Trinajstić information content (AvgIpc) is 2.36. The number of hydrogen-bond acceptors (Lipinski definition) is 2. The van der Waals surface area contributed by atoms with Gasteiger partial charge in [-0.2, -0.15) is 0 Å². The highest BCUT2D eigenvalue weighted by atomic mass is 16.1. The van der Waals surface area contributed by atoms with Gasteiger partial charge >= 0.3 is 0 Å². The number of hydrogen-bond donors (Lipinski definition) is 0. The molecule has 0 heterocycles. The van der Waals surface area contributed by atoms with Crippen molar-refractivity contribution < 1.29 is 9.59 Å². The molecule has 0 N–H and O–H groups in total. The van der Waals surface area contributed by atoms with E-state index in [9.17, 15) is 9.59 Å². The van der Waals surface area contributed by atoms with E-state index in [0.717, 1.165) is 28.9 Å². The van der Waals surface area contributed by atoms with E-state index in [-0.39, 0.29) is 0 Å². The van der Waals surface area contributed by atoms with E-state index in [0.29, 0.717) is 5.56 Å². The second kappa shape index (κ2) is 4.53. The molecule has 2 nitrogen and oxygen atoms in total. The smallest absolute Gasteiger partial charge is 0.150 e. The fraction of sp³-hybridized carbons (Fsp3) is 0. The zero-order valence-corrected chi connectivity index (χ0v) is 8.59. The van der Waals surface area contributed by atoms with E-state index in [1.54, 1.807) is 12.1 Å². The molecule has 0 bridgehead atoms. The van der Waals surface area contributed by atoms with Gasteiger partial charge in [-0.1, -0.05) is 42.5 Å². The Kier molecular flexibility index (Phi) is 2.92. The van der Waals surface area contributed by atoms with Crippen LogP contribution in [0.3, 0.4) is 0 Å². The molecular formula is C14H10O2. The van der Waals surface area contributed by atoms with E-state index in [1.807, 2.05) is 30.3 Å². The SMILES string of the molecule is O=C/C=C/c1ccc(C=O)c2ccccc12. The van der Waals surface area contributed by atoms with Crippen LogP contribution in [0.5, 0.6) is 0 Å². The molecule has 0 radical (unpaired) electrons. The Morgan fingerprint density at radius 3 is 2.06 bits per heavy atom. The summed E-state index contributed by atoms with van der Waals surface area (Å²) >= 11 is 0. The molecule has 2 aromatic rings. The van der Waals surface area contributed by atoms with Crippen LogP contribution < -0.4 is 0 Å². The maximum atomic E-state index is 10.9. The highest BCUT2D eigenvalue weighted by molar-refractivity contribution is 6.02. The lowest BCUT2D eigenvalue weighted by molar-refractivity contribution is -0.104. The van der Waals surface area contributed by atoms with Crippen LogP contribution in [0.15, 0.2) is 42.5 Å². The predicted octanol–water partition coefficient (Wildman–Crippen LogP) is 2.86. The molecule has 0 amide bonds. The molecule has 0 fully saturated rings. The van der Waals surface area contributed by atoms with Gasteiger partial charge in [-0.25, -0.2) is 0 Å². The number of allylic oxidation sites excluding steroid dienone is 1. The molecular weight excluding hydrogens is 200 g/mol. The monoisotopic (exact) mass is 210 g/mol. The summed E-state index contributed by atoms with van der Waals surface area (Å²) in [5.41, 5.74) is 1.60. The van der Waals surface area contributed by atoms with E-state index in [1.165, 1.54) is 6.08 Å². The van der Waals surface area contributed by atoms with Crippen molar-refractivity contribution in [3.05, 3.63) is 53.6 Å². The Morgan fingerprint density at radius 1 is 0.812 bits per heavy atom. The van der Waals surface area contributed by atoms with Gasteiger partial charge in [0.15, 0.2) is 6.29 Å². The number of carbonyl (C=O) groups is 2. The van der Waals surface area contributed by atoms with Crippen LogP contribution in [0.1, 0.15) is 15.9 Å². The summed E-state index contributed by atoms with van der Waals surface area (Å²) in [7, 11) is 0. The van der Waals surface area contributed by atoms with Crippen molar-refractivity contribution in [3.8, 4) is 0 Å². The van der Waals surface area contributed by atoms with Crippen molar-refractivity contribution in [2.45, 2.75) is 0 Å². The van der Waals surface area contributed by atoms with Crippen LogP contribution in [-0.4, -0.2) is 12.6 Å². The van der Waals surface area contributed by atoms with E-state index >= 15 is 0 Å². The van der Waals surface area contributed by atoms with Crippen LogP contribution in [-0.2, 0) is 4.79 Å². The molecule has 2 heteroatoms. The summed E-state index contributed by atoms with van der Waals surface area (Å²) < 4.78 is 0. The summed E-state index contributed by atoms with van der Waals surface area (Å²) in [4.78, 5) is 21.2. The first kappa shape index (κ1) is 10.3. The maximum Gasteiger partial charge on any atom is 0.150 e. The third-order valence-electron chi connectivity index (χ3n) is 2.47. The van der Waals surface area contributed by atoms with Crippen LogP contribution in [0, 0.1) is 0 Å². The van der Waals surface area contributed by atoms with Crippen molar-refractivity contribution >= 4 is 29.4 Å². The lowest BCUT2D eigenvalue weighted by Gasteiger charge is -2.04. The van der Waals surface area contributed by atoms with Crippen molar-refractivity contribution in [2.24, 2.45) is 0 Å². The molecule has 0 aromatic heterocycles. The maximum absolute atomic E-state index is 10.9. The summed E-state index contributed by atoms with van der Waals surface area (Å²) in [5, 5.41) is 1.88. The lowest BCUT2D eigenvalue weighted by Crippen LogP contribution is -1.86. The van der Waals surface area contributed by atoms with Gasteiger partial charge in [-0.3, -0.25) is 9.59 Å². The Balaban J connectivity index is 2.73. The first-order valence-corrected chi connectivity index (χ1v) is 4.95. The molecule has 2 aromatic carbocycles. The average molecular weight is 210 g/mol. The number of benzene rings is 2. The highest BCUT2D eigenvalue weighted by Crippen LogP contribution is 2.22. The van der Waals surface area contributed by atoms with Gasteiger partial charge in [0, 0.05) is 5.56 Å². The minimum Gasteiger partial charge on any atom is -0.299 e. The number of fused-ring (bicyclic) bond motifs is 1. The molecule has 0 aliphatic carbocycles. The van der Waals surface area contributed by atoms with Crippen molar-refractivity contribution in [3.63, 3.8) is 0 Å². The fourth-order valence-electron chi connectivity index (χ4n) is 1.74. The topological polar surface area (TPSA) is 34.1 Å². The summed E-state index contributed by atoms with van der Waals surface area (Å²) in [6.45, 7) is 0. The molecule has 0 aliphatic heterocycles. The van der Waals surface area contributed by atoms with Gasteiger partial charge in [0.25, 0.3) is 0 Å². The van der Waals surface area contributed by atoms with Gasteiger partial charge in [0.2, 0.25) is 0 Å². The Hall–Kier alpha value is -2.22. The zero-order valence-electron chi connectivity index (χ0n) is 8.59. The molecule has 0 spiro atoms. The van der Waals surface area contributed by atoms with E-state index in [2.05, 4.69) is 0 Å². The van der Waals surface area contributed by atoms with E-state index < -0.39 is 0 Å². The largest absolute Gasteiger partial charge is 0.299 e. The van der Waals surface area contributed by atoms with Crippen molar-refractivity contribution in [1.29, 1.82) is 0 Å². The minimum absolute atomic E-state index is 0.666. The van der Waals surface area contributed by atoms with Gasteiger partial charge in [-0.15, -0.1) is 0 Å². The third kappa shape index (κ3) is 1.77. The highest BCUT2D eigenvalue weighted by Gasteiger charge is 2.02. The fourth-order valence-corrected chi connectivity index (χ4v) is 1.74. The van der Waals surface area contributed by atoms with Gasteiger partial charge in [0.1, 0.15) is 6.29 Å². The molecule has 0 aliphatic rings. The summed E-state index contributed by atoms with van der Waals surface area (Å²) in [6.07, 6.45) is 4.77. The van der Waals surface area contributed by atoms with Crippen LogP contribution in [0.2, 0.25) is 0 Å². The number of rotatable bonds is 3. The van der Waals surface area contributed by atoms with E-state index in [4.69, 9.17) is 0 Å².